The highest BCUT2D eigenvalue weighted by Gasteiger charge is 2.17. The average Bonchev–Trinajstić information content (AvgIpc) is 2.63. The molecule has 0 aliphatic rings. The van der Waals surface area contributed by atoms with E-state index in [0.29, 0.717) is 11.6 Å². The van der Waals surface area contributed by atoms with Gasteiger partial charge in [0.2, 0.25) is 0 Å². The van der Waals surface area contributed by atoms with Crippen LogP contribution in [-0.4, -0.2) is 21.8 Å². The van der Waals surface area contributed by atoms with Gasteiger partial charge in [0.25, 0.3) is 11.8 Å². The Bertz CT molecular complexity index is 779. The van der Waals surface area contributed by atoms with E-state index in [1.165, 1.54) is 0 Å². The minimum Gasteiger partial charge on any atom is -0.307 e. The summed E-state index contributed by atoms with van der Waals surface area (Å²) in [5.41, 5.74) is 0.521. The van der Waals surface area contributed by atoms with Gasteiger partial charge in [-0.25, -0.2) is 9.97 Å². The third-order valence-electron chi connectivity index (χ3n) is 3.23. The van der Waals surface area contributed by atoms with E-state index in [4.69, 9.17) is 0 Å². The third-order valence-corrected chi connectivity index (χ3v) is 3.23. The molecule has 118 valence electrons. The lowest BCUT2D eigenvalue weighted by Gasteiger charge is -2.10. The van der Waals surface area contributed by atoms with Crippen molar-refractivity contribution in [3.8, 4) is 0 Å². The molecule has 2 heterocycles. The van der Waals surface area contributed by atoms with Gasteiger partial charge in [0.15, 0.2) is 0 Å². The summed E-state index contributed by atoms with van der Waals surface area (Å²) in [6.07, 6.45) is 3.16. The Morgan fingerprint density at radius 2 is 1.04 bits per heavy atom. The molecule has 0 unspecified atom stereocenters. The Morgan fingerprint density at radius 3 is 1.42 bits per heavy atom. The molecule has 3 aromatic rings. The summed E-state index contributed by atoms with van der Waals surface area (Å²) < 4.78 is 0. The number of benzene rings is 1. The maximum Gasteiger partial charge on any atom is 0.257 e. The largest absolute Gasteiger partial charge is 0.307 e. The Morgan fingerprint density at radius 1 is 0.625 bits per heavy atom. The van der Waals surface area contributed by atoms with Crippen LogP contribution in [0.15, 0.2) is 73.1 Å². The second-order valence-corrected chi connectivity index (χ2v) is 4.88. The van der Waals surface area contributed by atoms with Crippen LogP contribution in [0.4, 0.5) is 11.6 Å². The van der Waals surface area contributed by atoms with Crippen LogP contribution in [0, 0.1) is 0 Å². The molecule has 2 aromatic heterocycles. The number of amides is 2. The predicted molar refractivity (Wildman–Crippen MR) is 90.8 cm³/mol. The van der Waals surface area contributed by atoms with Crippen LogP contribution in [0.25, 0.3) is 0 Å². The summed E-state index contributed by atoms with van der Waals surface area (Å²) in [5, 5.41) is 5.34. The van der Waals surface area contributed by atoms with Gasteiger partial charge in [0, 0.05) is 12.4 Å². The van der Waals surface area contributed by atoms with Crippen molar-refractivity contribution in [1.29, 1.82) is 0 Å². The molecule has 0 fully saturated rings. The summed E-state index contributed by atoms with van der Waals surface area (Å²) in [6, 6.07) is 17.0. The van der Waals surface area contributed by atoms with Gasteiger partial charge in [-0.3, -0.25) is 9.59 Å². The van der Waals surface area contributed by atoms with Crippen molar-refractivity contribution in [2.75, 3.05) is 10.6 Å². The molecule has 0 saturated carbocycles. The molecule has 2 N–H and O–H groups in total. The second-order valence-electron chi connectivity index (χ2n) is 4.88. The number of nitrogens with zero attached hydrogens (tertiary/aromatic N) is 2. The summed E-state index contributed by atoms with van der Waals surface area (Å²) >= 11 is 0. The van der Waals surface area contributed by atoms with Gasteiger partial charge in [-0.15, -0.1) is 0 Å². The van der Waals surface area contributed by atoms with Crippen molar-refractivity contribution in [2.45, 2.75) is 0 Å². The number of aromatic nitrogens is 2. The van der Waals surface area contributed by atoms with Crippen molar-refractivity contribution in [3.63, 3.8) is 0 Å². The monoisotopic (exact) mass is 318 g/mol. The molecule has 3 rings (SSSR count). The fraction of sp³-hybridized carbons (Fsp3) is 0. The molecule has 0 spiro atoms. The van der Waals surface area contributed by atoms with E-state index in [2.05, 4.69) is 20.6 Å². The quantitative estimate of drug-likeness (QED) is 0.774. The highest BCUT2D eigenvalue weighted by atomic mass is 16.2. The second kappa shape index (κ2) is 7.15. The lowest BCUT2D eigenvalue weighted by Crippen LogP contribution is -2.20. The fourth-order valence-corrected chi connectivity index (χ4v) is 2.12. The lowest BCUT2D eigenvalue weighted by molar-refractivity contribution is 0.0990. The normalized spacial score (nSPS) is 10.0. The van der Waals surface area contributed by atoms with E-state index in [1.807, 2.05) is 0 Å². The molecule has 0 bridgehead atoms. The molecular formula is C18H14N4O2. The number of hydrogen-bond donors (Lipinski definition) is 2. The van der Waals surface area contributed by atoms with Gasteiger partial charge in [-0.1, -0.05) is 24.3 Å². The first-order chi connectivity index (χ1) is 11.7. The van der Waals surface area contributed by atoms with Gasteiger partial charge in [-0.05, 0) is 36.4 Å². The molecule has 6 heteroatoms. The SMILES string of the molecule is O=C(Nc1ccccn1)c1ccccc1C(=O)Nc1ccccn1. The van der Waals surface area contributed by atoms with Crippen LogP contribution in [0.3, 0.4) is 0 Å². The first-order valence-corrected chi connectivity index (χ1v) is 7.28. The van der Waals surface area contributed by atoms with E-state index >= 15 is 0 Å². The van der Waals surface area contributed by atoms with Crippen LogP contribution in [-0.2, 0) is 0 Å². The first kappa shape index (κ1) is 15.4. The molecule has 0 aliphatic carbocycles. The van der Waals surface area contributed by atoms with Crippen LogP contribution in [0.5, 0.6) is 0 Å². The number of anilines is 2. The topological polar surface area (TPSA) is 84.0 Å². The standard InChI is InChI=1S/C18H14N4O2/c23-17(21-15-9-3-5-11-19-15)13-7-1-2-8-14(13)18(24)22-16-10-4-6-12-20-16/h1-12H,(H,19,21,23)(H,20,22,24). The first-order valence-electron chi connectivity index (χ1n) is 7.28. The van der Waals surface area contributed by atoms with Gasteiger partial charge in [0.05, 0.1) is 11.1 Å². The third kappa shape index (κ3) is 3.61. The highest BCUT2D eigenvalue weighted by Crippen LogP contribution is 2.13. The smallest absolute Gasteiger partial charge is 0.257 e. The summed E-state index contributed by atoms with van der Waals surface area (Å²) in [4.78, 5) is 33.0. The van der Waals surface area contributed by atoms with E-state index in [1.54, 1.807) is 73.1 Å². The zero-order chi connectivity index (χ0) is 16.8. The van der Waals surface area contributed by atoms with E-state index < -0.39 is 11.8 Å². The minimum absolute atomic E-state index is 0.261. The van der Waals surface area contributed by atoms with Crippen LogP contribution < -0.4 is 10.6 Å². The molecule has 6 nitrogen and oxygen atoms in total. The van der Waals surface area contributed by atoms with Crippen LogP contribution in [0.2, 0.25) is 0 Å². The predicted octanol–water partition coefficient (Wildman–Crippen LogP) is 2.98. The Hall–Kier alpha value is -3.54. The van der Waals surface area contributed by atoms with Gasteiger partial charge < -0.3 is 10.6 Å². The summed E-state index contributed by atoms with van der Waals surface area (Å²) in [7, 11) is 0. The van der Waals surface area contributed by atoms with Crippen molar-refractivity contribution < 1.29 is 9.59 Å². The Kier molecular flexibility index (Phi) is 4.57. The van der Waals surface area contributed by atoms with E-state index in [9.17, 15) is 9.59 Å². The van der Waals surface area contributed by atoms with E-state index in [0.717, 1.165) is 0 Å². The Labute approximate surface area is 138 Å². The minimum atomic E-state index is -0.402. The number of carbonyl (C=O) groups is 2. The zero-order valence-electron chi connectivity index (χ0n) is 12.6. The molecular weight excluding hydrogens is 304 g/mol. The van der Waals surface area contributed by atoms with Gasteiger partial charge >= 0.3 is 0 Å². The number of rotatable bonds is 4. The van der Waals surface area contributed by atoms with Crippen molar-refractivity contribution in [2.24, 2.45) is 0 Å². The van der Waals surface area contributed by atoms with Gasteiger partial charge in [0.1, 0.15) is 11.6 Å². The van der Waals surface area contributed by atoms with Crippen molar-refractivity contribution >= 4 is 23.5 Å². The molecule has 24 heavy (non-hydrogen) atoms. The molecule has 1 aromatic carbocycles. The number of carbonyl (C=O) groups excluding carboxylic acids is 2. The molecule has 0 atom stereocenters. The van der Waals surface area contributed by atoms with Crippen molar-refractivity contribution in [3.05, 3.63) is 84.2 Å². The summed E-state index contributed by atoms with van der Waals surface area (Å²) in [5.74, 6) is 0.0332. The highest BCUT2D eigenvalue weighted by molar-refractivity contribution is 6.14. The zero-order valence-corrected chi connectivity index (χ0v) is 12.6. The molecule has 2 amide bonds. The lowest BCUT2D eigenvalue weighted by atomic mass is 10.1. The number of hydrogen-bond acceptors (Lipinski definition) is 4. The van der Waals surface area contributed by atoms with Gasteiger partial charge in [-0.2, -0.15) is 0 Å². The van der Waals surface area contributed by atoms with Crippen molar-refractivity contribution in [1.82, 2.24) is 9.97 Å². The van der Waals surface area contributed by atoms with E-state index in [-0.39, 0.29) is 11.1 Å². The number of pyridine rings is 2. The molecule has 0 saturated heterocycles. The Balaban J connectivity index is 1.82. The van der Waals surface area contributed by atoms with Crippen LogP contribution in [0.1, 0.15) is 20.7 Å². The average molecular weight is 318 g/mol. The summed E-state index contributed by atoms with van der Waals surface area (Å²) in [6.45, 7) is 0. The number of nitrogens with one attached hydrogen (secondary N) is 2. The molecule has 0 aliphatic heterocycles. The molecule has 0 radical (unpaired) electrons. The maximum absolute atomic E-state index is 12.4. The fourth-order valence-electron chi connectivity index (χ4n) is 2.12. The van der Waals surface area contributed by atoms with Crippen LogP contribution >= 0.6 is 0 Å². The maximum atomic E-state index is 12.4.